The molecule has 0 radical (unpaired) electrons. The number of ether oxygens (including phenoxy) is 1. The van der Waals surface area contributed by atoms with Gasteiger partial charge in [0.2, 0.25) is 0 Å². The third-order valence-corrected chi connectivity index (χ3v) is 14.8. The molecule has 6 rings (SSSR count). The summed E-state index contributed by atoms with van der Waals surface area (Å²) in [7, 11) is -2.36. The molecule has 0 N–H and O–H groups in total. The topological polar surface area (TPSA) is 9.23 Å². The van der Waals surface area contributed by atoms with Crippen molar-refractivity contribution in [3.63, 3.8) is 0 Å². The van der Waals surface area contributed by atoms with Gasteiger partial charge in [-0.2, -0.15) is 0 Å². The van der Waals surface area contributed by atoms with Crippen LogP contribution in [-0.2, 0) is 22.7 Å². The predicted octanol–water partition coefficient (Wildman–Crippen LogP) is 10.1. The van der Waals surface area contributed by atoms with E-state index in [9.17, 15) is 0 Å². The minimum absolute atomic E-state index is 0.607. The molecule has 1 fully saturated rings. The van der Waals surface area contributed by atoms with Gasteiger partial charge in [0.25, 0.3) is 0 Å². The van der Waals surface area contributed by atoms with Crippen LogP contribution in [0.2, 0.25) is 0 Å². The molecule has 0 aliphatic carbocycles. The van der Waals surface area contributed by atoms with Crippen LogP contribution in [0.25, 0.3) is 22.6 Å². The van der Waals surface area contributed by atoms with Crippen LogP contribution >= 0.6 is 18.6 Å². The van der Waals surface area contributed by atoms with Crippen LogP contribution in [0.4, 0.5) is 0 Å². The maximum absolute atomic E-state index is 5.96. The van der Waals surface area contributed by atoms with Gasteiger partial charge in [-0.3, -0.25) is 0 Å². The Balaban J connectivity index is 1.58. The number of thiophene rings is 1. The standard InChI is InChI=1S/C43H37OPS.Os/c1-4-15-34-22-24-36(25-23-34)43-29-28-42(46-43)27-26-37(30-38-32-44-31-35(38)5-2)33(3)45(39-16-9-6-10-17-39,40-18-11-7-12-19-40)41-20-13-8-14-21-41;/h4-30H,31-32H2,1-2H3;/q+1;/b15-4+,27-26+,35-5?,37-33?,38-30?;. The number of allylic oxidation sites excluding steroid dienone is 6. The van der Waals surface area contributed by atoms with E-state index in [1.165, 1.54) is 53.3 Å². The number of hydrogen-bond acceptors (Lipinski definition) is 2. The normalized spacial score (nSPS) is 15.9. The average Bonchev–Trinajstić information content (AvgIpc) is 3.80. The summed E-state index contributed by atoms with van der Waals surface area (Å²) < 4.78 is 9.78. The van der Waals surface area contributed by atoms with Crippen molar-refractivity contribution in [2.45, 2.75) is 13.8 Å². The third-order valence-electron chi connectivity index (χ3n) is 8.34. The molecule has 4 heteroatoms. The molecule has 0 unspecified atom stereocenters. The maximum atomic E-state index is 5.96. The van der Waals surface area contributed by atoms with Crippen molar-refractivity contribution in [1.29, 1.82) is 0 Å². The van der Waals surface area contributed by atoms with Crippen LogP contribution < -0.4 is 15.9 Å². The van der Waals surface area contributed by atoms with Gasteiger partial charge >= 0.3 is 276 Å². The Kier molecular flexibility index (Phi) is 11.1. The summed E-state index contributed by atoms with van der Waals surface area (Å²) in [5.41, 5.74) is 6.09. The van der Waals surface area contributed by atoms with Gasteiger partial charge in [-0.05, 0) is 6.92 Å². The molecular formula is C43H37OOsPS+. The molecule has 2 heterocycles. The molecule has 1 aliphatic heterocycles. The zero-order valence-corrected chi connectivity index (χ0v) is 30.9. The van der Waals surface area contributed by atoms with Crippen LogP contribution in [0.15, 0.2) is 174 Å². The van der Waals surface area contributed by atoms with E-state index >= 15 is 0 Å². The molecule has 0 spiro atoms. The van der Waals surface area contributed by atoms with Crippen LogP contribution in [0.1, 0.15) is 24.3 Å². The van der Waals surface area contributed by atoms with E-state index in [4.69, 9.17) is 4.74 Å². The fraction of sp³-hybridized carbons (Fsp3) is 0.0930. The molecule has 1 nitrogen and oxygen atoms in total. The minimum atomic E-state index is -2.36. The van der Waals surface area contributed by atoms with Gasteiger partial charge in [0.05, 0.1) is 0 Å². The summed E-state index contributed by atoms with van der Waals surface area (Å²) in [6.45, 7) is 5.41. The second-order valence-electron chi connectivity index (χ2n) is 11.2. The van der Waals surface area contributed by atoms with E-state index in [1.807, 2.05) is 29.3 Å². The van der Waals surface area contributed by atoms with Crippen molar-refractivity contribution < 1.29 is 22.7 Å². The van der Waals surface area contributed by atoms with Crippen LogP contribution in [0.5, 0.6) is 0 Å². The van der Waals surface area contributed by atoms with Crippen molar-refractivity contribution in [2.75, 3.05) is 13.2 Å². The van der Waals surface area contributed by atoms with E-state index in [0.717, 1.165) is 5.57 Å². The summed E-state index contributed by atoms with van der Waals surface area (Å²) in [6.07, 6.45) is 13.3. The molecule has 0 atom stereocenters. The first kappa shape index (κ1) is 33.0. The summed E-state index contributed by atoms with van der Waals surface area (Å²) in [5.74, 6) is 0. The quantitative estimate of drug-likeness (QED) is 0.106. The van der Waals surface area contributed by atoms with Crippen molar-refractivity contribution >= 4 is 46.7 Å². The molecule has 0 bridgehead atoms. The Morgan fingerprint density at radius 2 is 1.28 bits per heavy atom. The monoisotopic (exact) mass is 824 g/mol. The first-order chi connectivity index (χ1) is 23.2. The second-order valence-corrected chi connectivity index (χ2v) is 16.3. The van der Waals surface area contributed by atoms with Gasteiger partial charge in [-0.25, -0.2) is 0 Å². The van der Waals surface area contributed by atoms with E-state index in [1.54, 1.807) is 0 Å². The third kappa shape index (κ3) is 7.17. The molecule has 0 amide bonds. The zero-order valence-electron chi connectivity index (χ0n) is 26.6. The van der Waals surface area contributed by atoms with E-state index in [0.29, 0.717) is 13.2 Å². The summed E-state index contributed by atoms with van der Waals surface area (Å²) in [6, 6.07) is 46.4. The summed E-state index contributed by atoms with van der Waals surface area (Å²) in [4.78, 5) is 2.47. The first-order valence-corrected chi connectivity index (χ1v) is 19.7. The van der Waals surface area contributed by atoms with Crippen LogP contribution in [0, 0.1) is 4.37 Å². The molecule has 233 valence electrons. The summed E-state index contributed by atoms with van der Waals surface area (Å²) >= 11 is 3.64. The Morgan fingerprint density at radius 3 is 1.81 bits per heavy atom. The molecule has 4 aromatic carbocycles. The van der Waals surface area contributed by atoms with Crippen molar-refractivity contribution in [1.82, 2.24) is 0 Å². The molecule has 1 aliphatic rings. The molecular weight excluding hydrogens is 786 g/mol. The van der Waals surface area contributed by atoms with Crippen LogP contribution in [-0.4, -0.2) is 13.2 Å². The first-order valence-electron chi connectivity index (χ1n) is 15.8. The summed E-state index contributed by atoms with van der Waals surface area (Å²) in [5, 5.41) is 5.15. The molecule has 1 saturated heterocycles. The fourth-order valence-electron chi connectivity index (χ4n) is 6.06. The molecule has 1 aromatic heterocycles. The van der Waals surface area contributed by atoms with Gasteiger partial charge in [0, 0.05) is 0 Å². The van der Waals surface area contributed by atoms with Crippen molar-refractivity contribution in [3.05, 3.63) is 184 Å². The number of hydrogen-bond donors (Lipinski definition) is 0. The average molecular weight is 823 g/mol. The molecule has 0 saturated carbocycles. The zero-order chi connectivity index (χ0) is 32.5. The molecule has 47 heavy (non-hydrogen) atoms. The van der Waals surface area contributed by atoms with Gasteiger partial charge in [0.1, 0.15) is 0 Å². The van der Waals surface area contributed by atoms with Gasteiger partial charge in [-0.1, -0.05) is 12.2 Å². The Morgan fingerprint density at radius 1 is 0.702 bits per heavy atom. The fourth-order valence-corrected chi connectivity index (χ4v) is 12.8. The predicted molar refractivity (Wildman–Crippen MR) is 202 cm³/mol. The Hall–Kier alpha value is -3.91. The second kappa shape index (κ2) is 15.8. The molecule has 5 aromatic rings. The van der Waals surface area contributed by atoms with E-state index in [-0.39, 0.29) is 0 Å². The van der Waals surface area contributed by atoms with E-state index in [2.05, 4.69) is 182 Å². The van der Waals surface area contributed by atoms with Crippen molar-refractivity contribution in [2.24, 2.45) is 0 Å². The van der Waals surface area contributed by atoms with Crippen molar-refractivity contribution in [3.8, 4) is 14.8 Å². The van der Waals surface area contributed by atoms with Gasteiger partial charge in [0.15, 0.2) is 0 Å². The number of rotatable bonds is 9. The van der Waals surface area contributed by atoms with Crippen LogP contribution in [0.3, 0.4) is 0 Å². The number of benzene rings is 4. The van der Waals surface area contributed by atoms with Gasteiger partial charge < -0.3 is 0 Å². The van der Waals surface area contributed by atoms with Gasteiger partial charge in [-0.15, -0.1) is 0 Å². The SMILES string of the molecule is CC=C1COCC1=CC(/C=C/c1ccc(-c2ccc(/C=C/C)cc2)s1)=C([C]#[Os])[P+](c1ccccc1)(c1ccccc1)c1ccccc1. The Labute approximate surface area is 293 Å². The van der Waals surface area contributed by atoms with E-state index < -0.39 is 7.26 Å². The Bertz CT molecular complexity index is 1910.